The Morgan fingerprint density at radius 1 is 1.33 bits per heavy atom. The Labute approximate surface area is 124 Å². The van der Waals surface area contributed by atoms with Gasteiger partial charge in [0.15, 0.2) is 11.5 Å². The SMILES string of the molecule is COc1cc(CNCC(=O)NC(C)C)cc2c1OCCO2. The van der Waals surface area contributed by atoms with E-state index in [2.05, 4.69) is 10.6 Å². The van der Waals surface area contributed by atoms with Crippen LogP contribution in [-0.4, -0.2) is 38.8 Å². The lowest BCUT2D eigenvalue weighted by molar-refractivity contribution is -0.120. The van der Waals surface area contributed by atoms with Gasteiger partial charge in [-0.3, -0.25) is 4.79 Å². The first-order chi connectivity index (χ1) is 10.1. The monoisotopic (exact) mass is 294 g/mol. The molecule has 2 N–H and O–H groups in total. The molecule has 1 amide bonds. The van der Waals surface area contributed by atoms with E-state index in [1.165, 1.54) is 0 Å². The number of methoxy groups -OCH3 is 1. The molecular weight excluding hydrogens is 272 g/mol. The van der Waals surface area contributed by atoms with E-state index < -0.39 is 0 Å². The average Bonchev–Trinajstić information content (AvgIpc) is 2.45. The Balaban J connectivity index is 1.96. The van der Waals surface area contributed by atoms with Crippen LogP contribution < -0.4 is 24.8 Å². The molecule has 6 nitrogen and oxygen atoms in total. The summed E-state index contributed by atoms with van der Waals surface area (Å²) in [6.45, 7) is 5.75. The van der Waals surface area contributed by atoms with Crippen molar-refractivity contribution < 1.29 is 19.0 Å². The van der Waals surface area contributed by atoms with Crippen LogP contribution in [0.2, 0.25) is 0 Å². The molecule has 21 heavy (non-hydrogen) atoms. The Bertz CT molecular complexity index is 485. The summed E-state index contributed by atoms with van der Waals surface area (Å²) in [5.41, 5.74) is 0.980. The maximum atomic E-state index is 11.6. The van der Waals surface area contributed by atoms with Crippen LogP contribution in [0, 0.1) is 0 Å². The lowest BCUT2D eigenvalue weighted by Gasteiger charge is -2.21. The van der Waals surface area contributed by atoms with Crippen LogP contribution in [0.1, 0.15) is 19.4 Å². The van der Waals surface area contributed by atoms with Crippen LogP contribution in [-0.2, 0) is 11.3 Å². The summed E-state index contributed by atoms with van der Waals surface area (Å²) >= 11 is 0. The highest BCUT2D eigenvalue weighted by atomic mass is 16.6. The van der Waals surface area contributed by atoms with E-state index in [1.807, 2.05) is 26.0 Å². The molecule has 1 aliphatic rings. The molecule has 0 bridgehead atoms. The summed E-state index contributed by atoms with van der Waals surface area (Å²) in [6, 6.07) is 3.94. The summed E-state index contributed by atoms with van der Waals surface area (Å²) < 4.78 is 16.4. The molecule has 1 aromatic rings. The number of carbonyl (C=O) groups excluding carboxylic acids is 1. The molecule has 0 spiro atoms. The molecule has 1 heterocycles. The highest BCUT2D eigenvalue weighted by Crippen LogP contribution is 2.40. The van der Waals surface area contributed by atoms with E-state index in [4.69, 9.17) is 14.2 Å². The van der Waals surface area contributed by atoms with Crippen molar-refractivity contribution >= 4 is 5.91 Å². The molecule has 0 saturated heterocycles. The highest BCUT2D eigenvalue weighted by molar-refractivity contribution is 5.78. The van der Waals surface area contributed by atoms with E-state index in [0.29, 0.717) is 37.0 Å². The van der Waals surface area contributed by atoms with Crippen LogP contribution in [0.25, 0.3) is 0 Å². The lowest BCUT2D eigenvalue weighted by atomic mass is 10.1. The van der Waals surface area contributed by atoms with Gasteiger partial charge in [-0.1, -0.05) is 0 Å². The van der Waals surface area contributed by atoms with Crippen molar-refractivity contribution in [3.63, 3.8) is 0 Å². The molecule has 116 valence electrons. The molecular formula is C15H22N2O4. The van der Waals surface area contributed by atoms with Gasteiger partial charge in [0.05, 0.1) is 13.7 Å². The third kappa shape index (κ3) is 4.26. The average molecular weight is 294 g/mol. The topological polar surface area (TPSA) is 68.8 Å². The van der Waals surface area contributed by atoms with Crippen LogP contribution >= 0.6 is 0 Å². The normalized spacial score (nSPS) is 13.1. The summed E-state index contributed by atoms with van der Waals surface area (Å²) in [5.74, 6) is 1.96. The van der Waals surface area contributed by atoms with E-state index >= 15 is 0 Å². The first kappa shape index (κ1) is 15.4. The van der Waals surface area contributed by atoms with Crippen molar-refractivity contribution in [2.75, 3.05) is 26.9 Å². The quantitative estimate of drug-likeness (QED) is 0.822. The Morgan fingerprint density at radius 3 is 2.81 bits per heavy atom. The van der Waals surface area contributed by atoms with Crippen LogP contribution in [0.15, 0.2) is 12.1 Å². The first-order valence-electron chi connectivity index (χ1n) is 7.06. The maximum absolute atomic E-state index is 11.6. The highest BCUT2D eigenvalue weighted by Gasteiger charge is 2.18. The van der Waals surface area contributed by atoms with Crippen molar-refractivity contribution in [2.45, 2.75) is 26.4 Å². The summed E-state index contributed by atoms with van der Waals surface area (Å²) in [6.07, 6.45) is 0. The number of ether oxygens (including phenoxy) is 3. The Kier molecular flexibility index (Phi) is 5.27. The van der Waals surface area contributed by atoms with Gasteiger partial charge >= 0.3 is 0 Å². The zero-order chi connectivity index (χ0) is 15.2. The minimum absolute atomic E-state index is 0.0190. The van der Waals surface area contributed by atoms with Crippen LogP contribution in [0.5, 0.6) is 17.2 Å². The molecule has 2 rings (SSSR count). The van der Waals surface area contributed by atoms with E-state index in [-0.39, 0.29) is 18.5 Å². The summed E-state index contributed by atoms with van der Waals surface area (Å²) in [7, 11) is 1.60. The van der Waals surface area contributed by atoms with Gasteiger partial charge in [-0.15, -0.1) is 0 Å². The van der Waals surface area contributed by atoms with Crippen LogP contribution in [0.3, 0.4) is 0 Å². The van der Waals surface area contributed by atoms with Gasteiger partial charge in [0.25, 0.3) is 0 Å². The van der Waals surface area contributed by atoms with Crippen molar-refractivity contribution in [3.8, 4) is 17.2 Å². The Hall–Kier alpha value is -1.95. The molecule has 0 unspecified atom stereocenters. The third-order valence-electron chi connectivity index (χ3n) is 2.95. The van der Waals surface area contributed by atoms with Gasteiger partial charge in [0.1, 0.15) is 13.2 Å². The molecule has 0 fully saturated rings. The number of carbonyl (C=O) groups is 1. The molecule has 0 aromatic heterocycles. The maximum Gasteiger partial charge on any atom is 0.234 e. The van der Waals surface area contributed by atoms with Crippen molar-refractivity contribution in [1.29, 1.82) is 0 Å². The van der Waals surface area contributed by atoms with Crippen molar-refractivity contribution in [1.82, 2.24) is 10.6 Å². The molecule has 0 saturated carbocycles. The zero-order valence-electron chi connectivity index (χ0n) is 12.7. The third-order valence-corrected chi connectivity index (χ3v) is 2.95. The van der Waals surface area contributed by atoms with E-state index in [9.17, 15) is 4.79 Å². The molecule has 6 heteroatoms. The molecule has 0 atom stereocenters. The summed E-state index contributed by atoms with van der Waals surface area (Å²) in [5, 5.41) is 5.93. The largest absolute Gasteiger partial charge is 0.493 e. The lowest BCUT2D eigenvalue weighted by Crippen LogP contribution is -2.37. The van der Waals surface area contributed by atoms with Gasteiger partial charge in [0.2, 0.25) is 11.7 Å². The van der Waals surface area contributed by atoms with Gasteiger partial charge in [-0.05, 0) is 31.5 Å². The smallest absolute Gasteiger partial charge is 0.234 e. The predicted octanol–water partition coefficient (Wildman–Crippen LogP) is 1.08. The van der Waals surface area contributed by atoms with Gasteiger partial charge in [-0.25, -0.2) is 0 Å². The molecule has 1 aromatic carbocycles. The second kappa shape index (κ2) is 7.17. The van der Waals surface area contributed by atoms with E-state index in [1.54, 1.807) is 7.11 Å². The standard InChI is InChI=1S/C15H22N2O4/c1-10(2)17-14(18)9-16-8-11-6-12(19-3)15-13(7-11)20-4-5-21-15/h6-7,10,16H,4-5,8-9H2,1-3H3,(H,17,18). The van der Waals surface area contributed by atoms with Crippen molar-refractivity contribution in [2.24, 2.45) is 0 Å². The molecule has 0 aliphatic carbocycles. The minimum atomic E-state index is -0.0190. The number of benzene rings is 1. The Morgan fingerprint density at radius 2 is 2.10 bits per heavy atom. The van der Waals surface area contributed by atoms with Gasteiger partial charge in [-0.2, -0.15) is 0 Å². The number of fused-ring (bicyclic) bond motifs is 1. The summed E-state index contributed by atoms with van der Waals surface area (Å²) in [4.78, 5) is 11.6. The van der Waals surface area contributed by atoms with Gasteiger partial charge in [0, 0.05) is 12.6 Å². The number of nitrogens with one attached hydrogen (secondary N) is 2. The van der Waals surface area contributed by atoms with Crippen molar-refractivity contribution in [3.05, 3.63) is 17.7 Å². The van der Waals surface area contributed by atoms with E-state index in [0.717, 1.165) is 5.56 Å². The van der Waals surface area contributed by atoms with Gasteiger partial charge < -0.3 is 24.8 Å². The number of amides is 1. The molecule has 0 radical (unpaired) electrons. The first-order valence-corrected chi connectivity index (χ1v) is 7.06. The number of hydrogen-bond donors (Lipinski definition) is 2. The second-order valence-corrected chi connectivity index (χ2v) is 5.15. The predicted molar refractivity (Wildman–Crippen MR) is 79.0 cm³/mol. The fraction of sp³-hybridized carbons (Fsp3) is 0.533. The zero-order valence-corrected chi connectivity index (χ0v) is 12.7. The minimum Gasteiger partial charge on any atom is -0.493 e. The fourth-order valence-corrected chi connectivity index (χ4v) is 2.12. The fourth-order valence-electron chi connectivity index (χ4n) is 2.12. The number of hydrogen-bond acceptors (Lipinski definition) is 5. The van der Waals surface area contributed by atoms with Crippen LogP contribution in [0.4, 0.5) is 0 Å². The molecule has 1 aliphatic heterocycles. The number of rotatable bonds is 6. The second-order valence-electron chi connectivity index (χ2n) is 5.15.